The molecule has 0 bridgehead atoms. The van der Waals surface area contributed by atoms with E-state index in [1.807, 2.05) is 24.3 Å². The monoisotopic (exact) mass is 360 g/mol. The zero-order valence-corrected chi connectivity index (χ0v) is 14.7. The maximum Gasteiger partial charge on any atom is 0.255 e. The maximum absolute atomic E-state index is 12.4. The van der Waals surface area contributed by atoms with Crippen LogP contribution < -0.4 is 15.8 Å². The topological polar surface area (TPSA) is 81.4 Å². The minimum atomic E-state index is -0.506. The van der Waals surface area contributed by atoms with Gasteiger partial charge in [-0.05, 0) is 48.0 Å². The minimum Gasteiger partial charge on any atom is -0.493 e. The zero-order chi connectivity index (χ0) is 19.1. The molecule has 0 saturated carbocycles. The number of primary amides is 1. The predicted octanol–water partition coefficient (Wildman–Crippen LogP) is 3.66. The summed E-state index contributed by atoms with van der Waals surface area (Å²) in [5.74, 6) is -0.119. The molecule has 5 nitrogen and oxygen atoms in total. The molecule has 0 spiro atoms. The van der Waals surface area contributed by atoms with E-state index in [1.54, 1.807) is 42.5 Å². The fourth-order valence-electron chi connectivity index (χ4n) is 2.58. The van der Waals surface area contributed by atoms with Crippen molar-refractivity contribution in [2.24, 2.45) is 5.73 Å². The number of benzene rings is 3. The van der Waals surface area contributed by atoms with Crippen LogP contribution in [0.15, 0.2) is 78.9 Å². The minimum absolute atomic E-state index is 0.254. The van der Waals surface area contributed by atoms with Crippen molar-refractivity contribution >= 4 is 17.5 Å². The first-order chi connectivity index (χ1) is 13.1. The highest BCUT2D eigenvalue weighted by Crippen LogP contribution is 2.16. The first kappa shape index (κ1) is 18.2. The molecule has 0 aliphatic carbocycles. The number of nitrogens with two attached hydrogens (primary N) is 1. The van der Waals surface area contributed by atoms with Gasteiger partial charge in [0, 0.05) is 23.2 Å². The molecule has 3 aromatic rings. The van der Waals surface area contributed by atoms with E-state index < -0.39 is 5.91 Å². The summed E-state index contributed by atoms with van der Waals surface area (Å²) >= 11 is 0. The van der Waals surface area contributed by atoms with Gasteiger partial charge in [-0.25, -0.2) is 0 Å². The third-order valence-corrected chi connectivity index (χ3v) is 4.03. The van der Waals surface area contributed by atoms with Gasteiger partial charge in [-0.2, -0.15) is 0 Å². The first-order valence-electron chi connectivity index (χ1n) is 8.60. The van der Waals surface area contributed by atoms with Crippen LogP contribution in [0.4, 0.5) is 5.69 Å². The second-order valence-corrected chi connectivity index (χ2v) is 6.01. The molecular weight excluding hydrogens is 340 g/mol. The van der Waals surface area contributed by atoms with Crippen LogP contribution in [-0.4, -0.2) is 18.4 Å². The normalized spacial score (nSPS) is 10.2. The molecule has 0 aliphatic rings. The Hall–Kier alpha value is -3.60. The lowest BCUT2D eigenvalue weighted by Crippen LogP contribution is -2.13. The summed E-state index contributed by atoms with van der Waals surface area (Å²) in [5.41, 5.74) is 7.88. The molecule has 0 aromatic heterocycles. The van der Waals surface area contributed by atoms with Crippen LogP contribution in [-0.2, 0) is 6.42 Å². The molecule has 0 unspecified atom stereocenters. The second kappa shape index (κ2) is 8.67. The van der Waals surface area contributed by atoms with Crippen molar-refractivity contribution in [3.05, 3.63) is 95.6 Å². The smallest absolute Gasteiger partial charge is 0.255 e. The van der Waals surface area contributed by atoms with E-state index in [4.69, 9.17) is 10.5 Å². The molecule has 0 heterocycles. The Morgan fingerprint density at radius 1 is 0.852 bits per heavy atom. The highest BCUT2D eigenvalue weighted by Gasteiger charge is 2.08. The van der Waals surface area contributed by atoms with Gasteiger partial charge in [0.2, 0.25) is 5.91 Å². The van der Waals surface area contributed by atoms with Crippen molar-refractivity contribution in [1.82, 2.24) is 0 Å². The van der Waals surface area contributed by atoms with Gasteiger partial charge in [0.05, 0.1) is 6.61 Å². The standard InChI is InChI=1S/C22H20N2O3/c23-21(25)17-9-11-19(12-10-17)24-22(26)18-7-4-8-20(15-18)27-14-13-16-5-2-1-3-6-16/h1-12,15H,13-14H2,(H2,23,25)(H,24,26). The average Bonchev–Trinajstić information content (AvgIpc) is 2.69. The SMILES string of the molecule is NC(=O)c1ccc(NC(=O)c2cccc(OCCc3ccccc3)c2)cc1. The second-order valence-electron chi connectivity index (χ2n) is 6.01. The van der Waals surface area contributed by atoms with Crippen LogP contribution in [0.1, 0.15) is 26.3 Å². The van der Waals surface area contributed by atoms with Gasteiger partial charge in [-0.15, -0.1) is 0 Å². The Morgan fingerprint density at radius 2 is 1.59 bits per heavy atom. The number of carbonyl (C=O) groups is 2. The molecule has 0 atom stereocenters. The number of rotatable bonds is 7. The zero-order valence-electron chi connectivity index (χ0n) is 14.7. The van der Waals surface area contributed by atoms with Crippen molar-refractivity contribution in [3.8, 4) is 5.75 Å². The van der Waals surface area contributed by atoms with E-state index >= 15 is 0 Å². The molecule has 3 rings (SSSR count). The van der Waals surface area contributed by atoms with E-state index in [1.165, 1.54) is 5.56 Å². The Kier molecular flexibility index (Phi) is 5.84. The van der Waals surface area contributed by atoms with Gasteiger partial charge in [0.15, 0.2) is 0 Å². The summed E-state index contributed by atoms with van der Waals surface area (Å²) in [6.07, 6.45) is 0.795. The summed E-state index contributed by atoms with van der Waals surface area (Å²) < 4.78 is 5.76. The molecule has 3 aromatic carbocycles. The van der Waals surface area contributed by atoms with Crippen molar-refractivity contribution in [2.75, 3.05) is 11.9 Å². The molecule has 0 saturated heterocycles. The molecule has 3 N–H and O–H groups in total. The van der Waals surface area contributed by atoms with E-state index in [-0.39, 0.29) is 5.91 Å². The van der Waals surface area contributed by atoms with Gasteiger partial charge < -0.3 is 15.8 Å². The maximum atomic E-state index is 12.4. The van der Waals surface area contributed by atoms with Gasteiger partial charge in [0.25, 0.3) is 5.91 Å². The number of hydrogen-bond donors (Lipinski definition) is 2. The molecule has 2 amide bonds. The van der Waals surface area contributed by atoms with E-state index in [0.717, 1.165) is 6.42 Å². The lowest BCUT2D eigenvalue weighted by Gasteiger charge is -2.09. The van der Waals surface area contributed by atoms with Gasteiger partial charge in [0.1, 0.15) is 5.75 Å². The lowest BCUT2D eigenvalue weighted by atomic mass is 10.1. The van der Waals surface area contributed by atoms with Crippen LogP contribution in [0, 0.1) is 0 Å². The number of anilines is 1. The molecule has 0 aliphatic heterocycles. The Labute approximate surface area is 157 Å². The summed E-state index contributed by atoms with van der Waals surface area (Å²) in [4.78, 5) is 23.5. The van der Waals surface area contributed by atoms with Gasteiger partial charge >= 0.3 is 0 Å². The fraction of sp³-hybridized carbons (Fsp3) is 0.0909. The van der Waals surface area contributed by atoms with Crippen molar-refractivity contribution in [3.63, 3.8) is 0 Å². The van der Waals surface area contributed by atoms with Gasteiger partial charge in [-0.3, -0.25) is 9.59 Å². The third kappa shape index (κ3) is 5.19. The number of carbonyl (C=O) groups excluding carboxylic acids is 2. The Balaban J connectivity index is 1.58. The third-order valence-electron chi connectivity index (χ3n) is 4.03. The largest absolute Gasteiger partial charge is 0.493 e. The van der Waals surface area contributed by atoms with Crippen LogP contribution >= 0.6 is 0 Å². The highest BCUT2D eigenvalue weighted by atomic mass is 16.5. The van der Waals surface area contributed by atoms with E-state index in [0.29, 0.717) is 29.2 Å². The molecule has 136 valence electrons. The Bertz CT molecular complexity index is 922. The predicted molar refractivity (Wildman–Crippen MR) is 105 cm³/mol. The van der Waals surface area contributed by atoms with Crippen LogP contribution in [0.5, 0.6) is 5.75 Å². The number of hydrogen-bond acceptors (Lipinski definition) is 3. The molecular formula is C22H20N2O3. The van der Waals surface area contributed by atoms with Crippen LogP contribution in [0.2, 0.25) is 0 Å². The summed E-state index contributed by atoms with van der Waals surface area (Å²) in [6.45, 7) is 0.531. The highest BCUT2D eigenvalue weighted by molar-refractivity contribution is 6.04. The first-order valence-corrected chi connectivity index (χ1v) is 8.60. The fourth-order valence-corrected chi connectivity index (χ4v) is 2.58. The lowest BCUT2D eigenvalue weighted by molar-refractivity contribution is 0.0998. The van der Waals surface area contributed by atoms with Crippen LogP contribution in [0.25, 0.3) is 0 Å². The van der Waals surface area contributed by atoms with Crippen molar-refractivity contribution in [2.45, 2.75) is 6.42 Å². The average molecular weight is 360 g/mol. The van der Waals surface area contributed by atoms with E-state index in [2.05, 4.69) is 17.4 Å². The Morgan fingerprint density at radius 3 is 2.30 bits per heavy atom. The quantitative estimate of drug-likeness (QED) is 0.675. The van der Waals surface area contributed by atoms with Crippen molar-refractivity contribution < 1.29 is 14.3 Å². The number of ether oxygens (including phenoxy) is 1. The molecule has 5 heteroatoms. The molecule has 0 radical (unpaired) electrons. The van der Waals surface area contributed by atoms with E-state index in [9.17, 15) is 9.59 Å². The summed E-state index contributed by atoms with van der Waals surface area (Å²) in [5, 5.41) is 2.79. The number of nitrogens with one attached hydrogen (secondary N) is 1. The van der Waals surface area contributed by atoms with Crippen molar-refractivity contribution in [1.29, 1.82) is 0 Å². The number of amides is 2. The summed E-state index contributed by atoms with van der Waals surface area (Å²) in [6, 6.07) is 23.5. The summed E-state index contributed by atoms with van der Waals surface area (Å²) in [7, 11) is 0. The molecule has 0 fully saturated rings. The van der Waals surface area contributed by atoms with Gasteiger partial charge in [-0.1, -0.05) is 36.4 Å². The molecule has 27 heavy (non-hydrogen) atoms. The van der Waals surface area contributed by atoms with Crippen LogP contribution in [0.3, 0.4) is 0 Å².